The van der Waals surface area contributed by atoms with Crippen molar-refractivity contribution in [2.75, 3.05) is 5.32 Å². The van der Waals surface area contributed by atoms with Crippen molar-refractivity contribution >= 4 is 16.7 Å². The SMILES string of the molecule is Cc1cccc(C)c1NCc1nc2ccccc2nc1C. The van der Waals surface area contributed by atoms with Crippen LogP contribution in [0.5, 0.6) is 0 Å². The van der Waals surface area contributed by atoms with Gasteiger partial charge >= 0.3 is 0 Å². The van der Waals surface area contributed by atoms with Crippen LogP contribution in [-0.2, 0) is 6.54 Å². The van der Waals surface area contributed by atoms with Gasteiger partial charge in [0.25, 0.3) is 0 Å². The molecule has 0 bridgehead atoms. The molecule has 3 heteroatoms. The van der Waals surface area contributed by atoms with Gasteiger partial charge in [-0.1, -0.05) is 30.3 Å². The van der Waals surface area contributed by atoms with E-state index in [-0.39, 0.29) is 0 Å². The number of benzene rings is 2. The maximum absolute atomic E-state index is 4.72. The van der Waals surface area contributed by atoms with Gasteiger partial charge in [0, 0.05) is 5.69 Å². The standard InChI is InChI=1S/C18H19N3/c1-12-7-6-8-13(2)18(12)19-11-17-14(3)20-15-9-4-5-10-16(15)21-17/h4-10,19H,11H2,1-3H3. The fraction of sp³-hybridized carbons (Fsp3) is 0.222. The van der Waals surface area contributed by atoms with Crippen molar-refractivity contribution in [2.24, 2.45) is 0 Å². The summed E-state index contributed by atoms with van der Waals surface area (Å²) in [6.07, 6.45) is 0. The van der Waals surface area contributed by atoms with Gasteiger partial charge in [0.05, 0.1) is 29.0 Å². The molecule has 3 aromatic rings. The summed E-state index contributed by atoms with van der Waals surface area (Å²) in [6.45, 7) is 6.94. The fourth-order valence-corrected chi connectivity index (χ4v) is 2.56. The second kappa shape index (κ2) is 5.52. The average Bonchev–Trinajstić information content (AvgIpc) is 2.47. The molecule has 0 saturated heterocycles. The summed E-state index contributed by atoms with van der Waals surface area (Å²) >= 11 is 0. The molecule has 1 aromatic heterocycles. The molecule has 0 amide bonds. The van der Waals surface area contributed by atoms with Gasteiger partial charge in [-0.25, -0.2) is 9.97 Å². The Balaban J connectivity index is 1.90. The molecule has 0 atom stereocenters. The number of aryl methyl sites for hydroxylation is 3. The van der Waals surface area contributed by atoms with Gasteiger partial charge in [-0.05, 0) is 44.0 Å². The van der Waals surface area contributed by atoms with Gasteiger partial charge in [0.2, 0.25) is 0 Å². The molecule has 0 unspecified atom stereocenters. The van der Waals surface area contributed by atoms with Crippen LogP contribution in [0, 0.1) is 20.8 Å². The number of para-hydroxylation sites is 3. The molecule has 21 heavy (non-hydrogen) atoms. The first-order valence-corrected chi connectivity index (χ1v) is 7.17. The Hall–Kier alpha value is -2.42. The second-order valence-corrected chi connectivity index (χ2v) is 5.36. The summed E-state index contributed by atoms with van der Waals surface area (Å²) in [5.41, 5.74) is 7.56. The summed E-state index contributed by atoms with van der Waals surface area (Å²) in [6, 6.07) is 14.3. The van der Waals surface area contributed by atoms with Gasteiger partial charge in [-0.2, -0.15) is 0 Å². The molecule has 3 rings (SSSR count). The molecule has 2 aromatic carbocycles. The van der Waals surface area contributed by atoms with Crippen LogP contribution in [0.25, 0.3) is 11.0 Å². The Morgan fingerprint density at radius 1 is 0.810 bits per heavy atom. The lowest BCUT2D eigenvalue weighted by Crippen LogP contribution is -2.07. The van der Waals surface area contributed by atoms with E-state index < -0.39 is 0 Å². The molecule has 0 radical (unpaired) electrons. The molecular formula is C18H19N3. The molecule has 0 aliphatic rings. The second-order valence-electron chi connectivity index (χ2n) is 5.36. The van der Waals surface area contributed by atoms with E-state index in [1.807, 2.05) is 31.2 Å². The summed E-state index contributed by atoms with van der Waals surface area (Å²) in [4.78, 5) is 9.35. The molecule has 0 spiro atoms. The van der Waals surface area contributed by atoms with Crippen molar-refractivity contribution in [3.8, 4) is 0 Å². The van der Waals surface area contributed by atoms with E-state index in [1.165, 1.54) is 16.8 Å². The number of rotatable bonds is 3. The quantitative estimate of drug-likeness (QED) is 0.781. The van der Waals surface area contributed by atoms with E-state index in [1.54, 1.807) is 0 Å². The number of nitrogens with one attached hydrogen (secondary N) is 1. The maximum Gasteiger partial charge on any atom is 0.0891 e. The van der Waals surface area contributed by atoms with E-state index in [0.717, 1.165) is 22.4 Å². The minimum absolute atomic E-state index is 0.690. The molecule has 3 nitrogen and oxygen atoms in total. The number of anilines is 1. The third-order valence-corrected chi connectivity index (χ3v) is 3.76. The summed E-state index contributed by atoms with van der Waals surface area (Å²) in [7, 11) is 0. The Morgan fingerprint density at radius 3 is 2.10 bits per heavy atom. The molecule has 0 aliphatic carbocycles. The zero-order chi connectivity index (χ0) is 14.8. The van der Waals surface area contributed by atoms with Crippen molar-refractivity contribution in [3.05, 3.63) is 65.0 Å². The highest BCUT2D eigenvalue weighted by molar-refractivity contribution is 5.74. The predicted molar refractivity (Wildman–Crippen MR) is 87.5 cm³/mol. The number of aromatic nitrogens is 2. The topological polar surface area (TPSA) is 37.8 Å². The predicted octanol–water partition coefficient (Wildman–Crippen LogP) is 4.17. The monoisotopic (exact) mass is 277 g/mol. The first-order chi connectivity index (χ1) is 10.1. The highest BCUT2D eigenvalue weighted by Crippen LogP contribution is 2.21. The zero-order valence-corrected chi connectivity index (χ0v) is 12.6. The van der Waals surface area contributed by atoms with Gasteiger partial charge < -0.3 is 5.32 Å². The van der Waals surface area contributed by atoms with E-state index in [4.69, 9.17) is 4.98 Å². The summed E-state index contributed by atoms with van der Waals surface area (Å²) < 4.78 is 0. The van der Waals surface area contributed by atoms with Crippen LogP contribution >= 0.6 is 0 Å². The zero-order valence-electron chi connectivity index (χ0n) is 12.6. The van der Waals surface area contributed by atoms with E-state index in [0.29, 0.717) is 6.54 Å². The largest absolute Gasteiger partial charge is 0.379 e. The van der Waals surface area contributed by atoms with Crippen LogP contribution in [0.1, 0.15) is 22.5 Å². The lowest BCUT2D eigenvalue weighted by atomic mass is 10.1. The molecule has 106 valence electrons. The Bertz CT molecular complexity index is 773. The van der Waals surface area contributed by atoms with Gasteiger partial charge in [-0.3, -0.25) is 0 Å². The molecule has 0 fully saturated rings. The molecule has 0 aliphatic heterocycles. The van der Waals surface area contributed by atoms with Gasteiger partial charge in [0.15, 0.2) is 0 Å². The number of fused-ring (bicyclic) bond motifs is 1. The Morgan fingerprint density at radius 2 is 1.43 bits per heavy atom. The first kappa shape index (κ1) is 13.6. The third-order valence-electron chi connectivity index (χ3n) is 3.76. The van der Waals surface area contributed by atoms with Crippen LogP contribution in [0.2, 0.25) is 0 Å². The van der Waals surface area contributed by atoms with Crippen molar-refractivity contribution in [3.63, 3.8) is 0 Å². The smallest absolute Gasteiger partial charge is 0.0891 e. The maximum atomic E-state index is 4.72. The third kappa shape index (κ3) is 2.72. The van der Waals surface area contributed by atoms with Gasteiger partial charge in [0.1, 0.15) is 0 Å². The molecule has 1 heterocycles. The van der Waals surface area contributed by atoms with Crippen LogP contribution in [0.4, 0.5) is 5.69 Å². The van der Waals surface area contributed by atoms with Crippen LogP contribution in [0.15, 0.2) is 42.5 Å². The van der Waals surface area contributed by atoms with Crippen LogP contribution in [-0.4, -0.2) is 9.97 Å². The highest BCUT2D eigenvalue weighted by atomic mass is 14.9. The summed E-state index contributed by atoms with van der Waals surface area (Å²) in [5.74, 6) is 0. The number of hydrogen-bond acceptors (Lipinski definition) is 3. The van der Waals surface area contributed by atoms with Crippen molar-refractivity contribution in [1.29, 1.82) is 0 Å². The lowest BCUT2D eigenvalue weighted by molar-refractivity contribution is 0.993. The minimum Gasteiger partial charge on any atom is -0.379 e. The molecule has 1 N–H and O–H groups in total. The summed E-state index contributed by atoms with van der Waals surface area (Å²) in [5, 5.41) is 3.50. The van der Waals surface area contributed by atoms with E-state index in [2.05, 4.69) is 42.3 Å². The van der Waals surface area contributed by atoms with Crippen LogP contribution < -0.4 is 5.32 Å². The highest BCUT2D eigenvalue weighted by Gasteiger charge is 2.07. The molecule has 0 saturated carbocycles. The first-order valence-electron chi connectivity index (χ1n) is 7.17. The van der Waals surface area contributed by atoms with Crippen molar-refractivity contribution in [2.45, 2.75) is 27.3 Å². The van der Waals surface area contributed by atoms with E-state index >= 15 is 0 Å². The average molecular weight is 277 g/mol. The normalized spacial score (nSPS) is 10.8. The Labute approximate surface area is 125 Å². The van der Waals surface area contributed by atoms with E-state index in [9.17, 15) is 0 Å². The Kier molecular flexibility index (Phi) is 3.57. The lowest BCUT2D eigenvalue weighted by Gasteiger charge is -2.13. The van der Waals surface area contributed by atoms with Crippen molar-refractivity contribution < 1.29 is 0 Å². The minimum atomic E-state index is 0.690. The van der Waals surface area contributed by atoms with Crippen molar-refractivity contribution in [1.82, 2.24) is 9.97 Å². The fourth-order valence-electron chi connectivity index (χ4n) is 2.56. The number of hydrogen-bond donors (Lipinski definition) is 1. The molecular weight excluding hydrogens is 258 g/mol. The van der Waals surface area contributed by atoms with Crippen LogP contribution in [0.3, 0.4) is 0 Å². The number of nitrogens with zero attached hydrogens (tertiary/aromatic N) is 2. The van der Waals surface area contributed by atoms with Gasteiger partial charge in [-0.15, -0.1) is 0 Å².